The number of amides is 1. The minimum absolute atomic E-state index is 0.0881. The van der Waals surface area contributed by atoms with E-state index in [1.807, 2.05) is 48.7 Å². The molecule has 4 aromatic rings. The molecule has 0 unspecified atom stereocenters. The van der Waals surface area contributed by atoms with E-state index >= 15 is 0 Å². The van der Waals surface area contributed by atoms with E-state index in [-0.39, 0.29) is 22.9 Å². The normalized spacial score (nSPS) is 14.1. The quantitative estimate of drug-likeness (QED) is 0.314. The van der Waals surface area contributed by atoms with E-state index in [1.165, 1.54) is 12.1 Å². The Morgan fingerprint density at radius 2 is 1.79 bits per heavy atom. The summed E-state index contributed by atoms with van der Waals surface area (Å²) in [6.45, 7) is 4.23. The Bertz CT molecular complexity index is 1550. The van der Waals surface area contributed by atoms with Gasteiger partial charge < -0.3 is 10.1 Å². The van der Waals surface area contributed by atoms with E-state index in [0.29, 0.717) is 40.4 Å². The Labute approximate surface area is 223 Å². The fraction of sp³-hybridized carbons (Fsp3) is 0.185. The van der Waals surface area contributed by atoms with Gasteiger partial charge in [-0.05, 0) is 56.3 Å². The SMILES string of the molecule is CCNC(=O)C[C@@H]1N=C(c2ccc(Cl)cc2)c2cc(Oc3ccc([N+](=O)O)cc3)ccc2-n2c(C)nnc21. The number of halogens is 1. The van der Waals surface area contributed by atoms with Crippen LogP contribution in [0.15, 0.2) is 71.7 Å². The van der Waals surface area contributed by atoms with Crippen LogP contribution in [0.2, 0.25) is 5.02 Å². The third-order valence-corrected chi connectivity index (χ3v) is 6.31. The lowest BCUT2D eigenvalue weighted by molar-refractivity contribution is -0.729. The summed E-state index contributed by atoms with van der Waals surface area (Å²) < 4.78 is 7.97. The minimum atomic E-state index is -0.578. The van der Waals surface area contributed by atoms with Crippen LogP contribution in [-0.4, -0.2) is 43.1 Å². The molecule has 1 aromatic heterocycles. The second kappa shape index (κ2) is 10.4. The van der Waals surface area contributed by atoms with Crippen molar-refractivity contribution in [2.24, 2.45) is 4.99 Å². The number of ether oxygens (including phenoxy) is 1. The van der Waals surface area contributed by atoms with E-state index in [9.17, 15) is 9.70 Å². The molecule has 192 valence electrons. The van der Waals surface area contributed by atoms with Crippen LogP contribution in [0, 0.1) is 11.8 Å². The number of benzene rings is 3. The maximum atomic E-state index is 12.6. The number of nitrogens with one attached hydrogen (secondary N) is 1. The average Bonchev–Trinajstić information content (AvgIpc) is 3.22. The predicted molar refractivity (Wildman–Crippen MR) is 141 cm³/mol. The fourth-order valence-electron chi connectivity index (χ4n) is 4.34. The molecular formula is C27H24ClN6O4+. The van der Waals surface area contributed by atoms with Gasteiger partial charge in [-0.1, -0.05) is 23.7 Å². The number of aromatic nitrogens is 3. The first kappa shape index (κ1) is 25.1. The molecule has 1 amide bonds. The monoisotopic (exact) mass is 531 g/mol. The Hall–Kier alpha value is -4.57. The smallest absolute Gasteiger partial charge is 0.316 e. The second-order valence-electron chi connectivity index (χ2n) is 8.65. The first-order valence-corrected chi connectivity index (χ1v) is 12.3. The Morgan fingerprint density at radius 1 is 1.08 bits per heavy atom. The number of rotatable bonds is 7. The van der Waals surface area contributed by atoms with Gasteiger partial charge in [0.05, 0.1) is 22.7 Å². The van der Waals surface area contributed by atoms with Crippen molar-refractivity contribution in [1.82, 2.24) is 20.1 Å². The van der Waals surface area contributed by atoms with Crippen LogP contribution in [-0.2, 0) is 4.79 Å². The minimum Gasteiger partial charge on any atom is -0.457 e. The molecule has 3 aromatic carbocycles. The van der Waals surface area contributed by atoms with Crippen LogP contribution in [0.3, 0.4) is 0 Å². The molecule has 0 radical (unpaired) electrons. The van der Waals surface area contributed by atoms with Crippen molar-refractivity contribution < 1.29 is 19.7 Å². The molecule has 2 N–H and O–H groups in total. The van der Waals surface area contributed by atoms with Gasteiger partial charge in [0.1, 0.15) is 23.4 Å². The van der Waals surface area contributed by atoms with Gasteiger partial charge in [-0.15, -0.1) is 10.2 Å². The van der Waals surface area contributed by atoms with Crippen molar-refractivity contribution in [3.8, 4) is 17.2 Å². The zero-order chi connectivity index (χ0) is 26.8. The number of carbonyl (C=O) groups excluding carboxylic acids is 1. The van der Waals surface area contributed by atoms with E-state index in [4.69, 9.17) is 26.5 Å². The molecule has 0 saturated heterocycles. The molecule has 0 spiro atoms. The van der Waals surface area contributed by atoms with E-state index in [1.54, 1.807) is 24.3 Å². The summed E-state index contributed by atoms with van der Waals surface area (Å²) in [5.41, 5.74) is 3.10. The maximum absolute atomic E-state index is 12.6. The van der Waals surface area contributed by atoms with Crippen molar-refractivity contribution in [2.75, 3.05) is 6.54 Å². The first-order chi connectivity index (χ1) is 18.3. The van der Waals surface area contributed by atoms with E-state index in [0.717, 1.165) is 16.8 Å². The lowest BCUT2D eigenvalue weighted by atomic mass is 10.00. The van der Waals surface area contributed by atoms with Gasteiger partial charge in [0.25, 0.3) is 4.92 Å². The fourth-order valence-corrected chi connectivity index (χ4v) is 4.46. The molecule has 38 heavy (non-hydrogen) atoms. The molecule has 1 aliphatic rings. The van der Waals surface area contributed by atoms with Gasteiger partial charge in [-0.3, -0.25) is 14.4 Å². The van der Waals surface area contributed by atoms with Crippen LogP contribution in [0.4, 0.5) is 5.69 Å². The molecule has 1 aliphatic heterocycles. The maximum Gasteiger partial charge on any atom is 0.316 e. The molecule has 0 aliphatic carbocycles. The van der Waals surface area contributed by atoms with Crippen molar-refractivity contribution in [1.29, 1.82) is 0 Å². The summed E-state index contributed by atoms with van der Waals surface area (Å²) in [5.74, 6) is 2.08. The van der Waals surface area contributed by atoms with Crippen molar-refractivity contribution in [3.63, 3.8) is 0 Å². The molecule has 10 nitrogen and oxygen atoms in total. The van der Waals surface area contributed by atoms with Gasteiger partial charge in [0.15, 0.2) is 5.82 Å². The van der Waals surface area contributed by atoms with Crippen molar-refractivity contribution in [3.05, 3.63) is 99.4 Å². The molecular weight excluding hydrogens is 508 g/mol. The van der Waals surface area contributed by atoms with Crippen molar-refractivity contribution >= 4 is 28.9 Å². The molecule has 0 bridgehead atoms. The van der Waals surface area contributed by atoms with Gasteiger partial charge in [-0.25, -0.2) is 5.21 Å². The lowest BCUT2D eigenvalue weighted by Crippen LogP contribution is -2.25. The number of aryl methyl sites for hydroxylation is 1. The third-order valence-electron chi connectivity index (χ3n) is 6.06. The molecule has 0 saturated carbocycles. The Kier molecular flexibility index (Phi) is 6.89. The highest BCUT2D eigenvalue weighted by Gasteiger charge is 2.30. The van der Waals surface area contributed by atoms with Gasteiger partial charge in [-0.2, -0.15) is 0 Å². The zero-order valence-corrected chi connectivity index (χ0v) is 21.4. The summed E-state index contributed by atoms with van der Waals surface area (Å²) in [6, 6.07) is 18.4. The summed E-state index contributed by atoms with van der Waals surface area (Å²) in [4.78, 5) is 28.5. The molecule has 5 rings (SSSR count). The number of carbonyl (C=O) groups is 1. The number of aliphatic imine (C=N–C) groups is 1. The highest BCUT2D eigenvalue weighted by molar-refractivity contribution is 6.30. The molecule has 0 fully saturated rings. The number of fused-ring (bicyclic) bond motifs is 3. The van der Waals surface area contributed by atoms with Gasteiger partial charge in [0.2, 0.25) is 5.91 Å². The van der Waals surface area contributed by atoms with Crippen LogP contribution in [0.25, 0.3) is 5.69 Å². The van der Waals surface area contributed by atoms with Crippen molar-refractivity contribution in [2.45, 2.75) is 26.3 Å². The van der Waals surface area contributed by atoms with Crippen LogP contribution in [0.5, 0.6) is 11.5 Å². The second-order valence-corrected chi connectivity index (χ2v) is 9.08. The Morgan fingerprint density at radius 3 is 2.47 bits per heavy atom. The molecule has 11 heteroatoms. The predicted octanol–water partition coefficient (Wildman–Crippen LogP) is 5.24. The van der Waals surface area contributed by atoms with Crippen LogP contribution < -0.4 is 10.1 Å². The van der Waals surface area contributed by atoms with Gasteiger partial charge in [0, 0.05) is 34.8 Å². The molecule has 1 atom stereocenters. The zero-order valence-electron chi connectivity index (χ0n) is 20.6. The largest absolute Gasteiger partial charge is 0.457 e. The average molecular weight is 532 g/mol. The van der Waals surface area contributed by atoms with Crippen LogP contribution >= 0.6 is 11.6 Å². The number of nitrogens with zero attached hydrogens (tertiary/aromatic N) is 5. The van der Waals surface area contributed by atoms with Crippen LogP contribution in [0.1, 0.15) is 42.2 Å². The standard InChI is InChI=1S/C27H23ClN6O4/c1-3-29-25(35)15-23-27-32-31-16(2)33(27)24-13-12-21(38-20-10-8-19(9-11-20)34(36)37)14-22(24)26(30-23)17-4-6-18(28)7-5-17/h4-14,23H,3,15H2,1-2H3,(H-,29,35,36,37)/p+1/t23-/m0/s1. The number of hydrogen-bond acceptors (Lipinski definition) is 6. The topological polar surface area (TPSA) is 122 Å². The highest BCUT2D eigenvalue weighted by atomic mass is 35.5. The lowest BCUT2D eigenvalue weighted by Gasteiger charge is -2.15. The summed E-state index contributed by atoms with van der Waals surface area (Å²) in [5, 5.41) is 21.2. The Balaban J connectivity index is 1.64. The summed E-state index contributed by atoms with van der Waals surface area (Å²) in [6.07, 6.45) is 0.106. The van der Waals surface area contributed by atoms with E-state index < -0.39 is 6.04 Å². The summed E-state index contributed by atoms with van der Waals surface area (Å²) in [7, 11) is 0. The highest BCUT2D eigenvalue weighted by Crippen LogP contribution is 2.35. The first-order valence-electron chi connectivity index (χ1n) is 11.9. The van der Waals surface area contributed by atoms with E-state index in [2.05, 4.69) is 15.5 Å². The molecule has 2 heterocycles. The third kappa shape index (κ3) is 4.98. The summed E-state index contributed by atoms with van der Waals surface area (Å²) >= 11 is 6.16. The van der Waals surface area contributed by atoms with Gasteiger partial charge >= 0.3 is 5.69 Å². The number of hydrogen-bond donors (Lipinski definition) is 2.